The Bertz CT molecular complexity index is 1490. The highest BCUT2D eigenvalue weighted by atomic mass is 14.7. The van der Waals surface area contributed by atoms with Gasteiger partial charge in [-0.3, -0.25) is 4.98 Å². The van der Waals surface area contributed by atoms with Gasteiger partial charge in [0.05, 0.1) is 5.52 Å². The predicted molar refractivity (Wildman–Crippen MR) is 146 cm³/mol. The minimum Gasteiger partial charge on any atom is -0.255 e. The van der Waals surface area contributed by atoms with Crippen molar-refractivity contribution < 1.29 is 0 Å². The van der Waals surface area contributed by atoms with E-state index in [1.807, 2.05) is 6.20 Å². The highest BCUT2D eigenvalue weighted by Gasteiger charge is 2.12. The van der Waals surface area contributed by atoms with Gasteiger partial charge in [-0.2, -0.15) is 0 Å². The number of pyridine rings is 1. The van der Waals surface area contributed by atoms with Gasteiger partial charge >= 0.3 is 0 Å². The van der Waals surface area contributed by atoms with E-state index in [1.165, 1.54) is 66.6 Å². The van der Waals surface area contributed by atoms with Gasteiger partial charge in [-0.15, -0.1) is 0 Å². The van der Waals surface area contributed by atoms with Gasteiger partial charge in [0.1, 0.15) is 0 Å². The van der Waals surface area contributed by atoms with Crippen molar-refractivity contribution in [2.45, 2.75) is 41.5 Å². The molecule has 1 heteroatoms. The average Bonchev–Trinajstić information content (AvgIpc) is 2.76. The number of aromatic nitrogens is 1. The smallest absolute Gasteiger partial charge is 0.0781 e. The largest absolute Gasteiger partial charge is 0.255 e. The maximum absolute atomic E-state index is 5.02. The number of rotatable bonds is 3. The lowest BCUT2D eigenvalue weighted by Crippen LogP contribution is -1.92. The van der Waals surface area contributed by atoms with Crippen molar-refractivity contribution in [3.05, 3.63) is 112 Å². The summed E-state index contributed by atoms with van der Waals surface area (Å²) in [5.74, 6) is 0. The molecule has 5 rings (SSSR count). The molecule has 1 aromatic heterocycles. The molecule has 0 aliphatic heterocycles. The Balaban J connectivity index is 1.80. The molecule has 34 heavy (non-hydrogen) atoms. The fourth-order valence-corrected chi connectivity index (χ4v) is 5.21. The van der Waals surface area contributed by atoms with Gasteiger partial charge in [-0.1, -0.05) is 88.0 Å². The van der Waals surface area contributed by atoms with E-state index in [-0.39, 0.29) is 0 Å². The molecule has 1 nitrogen and oxygen atoms in total. The predicted octanol–water partition coefficient (Wildman–Crippen LogP) is 9.09. The Morgan fingerprint density at radius 1 is 0.382 bits per heavy atom. The summed E-state index contributed by atoms with van der Waals surface area (Å²) in [4.78, 5) is 5.02. The normalized spacial score (nSPS) is 11.2. The van der Waals surface area contributed by atoms with Crippen LogP contribution in [-0.4, -0.2) is 4.98 Å². The molecule has 0 aliphatic rings. The number of hydrogen-bond acceptors (Lipinski definition) is 1. The summed E-state index contributed by atoms with van der Waals surface area (Å²) in [5, 5.41) is 1.17. The van der Waals surface area contributed by atoms with Crippen molar-refractivity contribution in [1.82, 2.24) is 4.98 Å². The van der Waals surface area contributed by atoms with Crippen molar-refractivity contribution in [3.8, 4) is 33.4 Å². The van der Waals surface area contributed by atoms with Crippen LogP contribution in [0.1, 0.15) is 33.4 Å². The molecule has 0 N–H and O–H groups in total. The first-order valence-corrected chi connectivity index (χ1v) is 11.9. The van der Waals surface area contributed by atoms with E-state index in [1.54, 1.807) is 0 Å². The number of fused-ring (bicyclic) bond motifs is 1. The number of nitrogens with zero attached hydrogens (tertiary/aromatic N) is 1. The molecule has 0 fully saturated rings. The molecule has 5 aromatic rings. The zero-order chi connectivity index (χ0) is 24.0. The summed E-state index contributed by atoms with van der Waals surface area (Å²) >= 11 is 0. The third-order valence-corrected chi connectivity index (χ3v) is 6.43. The summed E-state index contributed by atoms with van der Waals surface area (Å²) < 4.78 is 0. The monoisotopic (exact) mass is 441 g/mol. The second-order valence-electron chi connectivity index (χ2n) is 9.95. The van der Waals surface area contributed by atoms with E-state index in [2.05, 4.69) is 114 Å². The second kappa shape index (κ2) is 8.57. The first-order valence-electron chi connectivity index (χ1n) is 11.9. The Morgan fingerprint density at radius 3 is 1.26 bits per heavy atom. The topological polar surface area (TPSA) is 12.9 Å². The summed E-state index contributed by atoms with van der Waals surface area (Å²) in [7, 11) is 0. The van der Waals surface area contributed by atoms with Crippen LogP contribution in [0.15, 0.2) is 79.0 Å². The Hall–Kier alpha value is -3.71. The number of benzene rings is 4. The van der Waals surface area contributed by atoms with Gasteiger partial charge in [0.25, 0.3) is 0 Å². The quantitative estimate of drug-likeness (QED) is 0.272. The van der Waals surface area contributed by atoms with Crippen LogP contribution >= 0.6 is 0 Å². The SMILES string of the molecule is Cc1cc(C)cc(-c2cnc3c(-c4cc(C)cc(C)c4)cc(-c4cc(C)cc(C)c4)cc3c2)c1. The first-order chi connectivity index (χ1) is 16.2. The maximum Gasteiger partial charge on any atom is 0.0781 e. The first kappa shape index (κ1) is 22.1. The zero-order valence-corrected chi connectivity index (χ0v) is 21.0. The second-order valence-corrected chi connectivity index (χ2v) is 9.95. The van der Waals surface area contributed by atoms with Gasteiger partial charge in [-0.05, 0) is 82.0 Å². The molecule has 0 saturated heterocycles. The van der Waals surface area contributed by atoms with Crippen LogP contribution in [0.25, 0.3) is 44.3 Å². The molecule has 168 valence electrons. The Morgan fingerprint density at radius 2 is 0.765 bits per heavy atom. The van der Waals surface area contributed by atoms with E-state index in [0.717, 1.165) is 11.1 Å². The van der Waals surface area contributed by atoms with E-state index >= 15 is 0 Å². The van der Waals surface area contributed by atoms with E-state index in [9.17, 15) is 0 Å². The van der Waals surface area contributed by atoms with Crippen LogP contribution in [0.2, 0.25) is 0 Å². The van der Waals surface area contributed by atoms with Crippen LogP contribution in [0, 0.1) is 41.5 Å². The van der Waals surface area contributed by atoms with Crippen LogP contribution in [-0.2, 0) is 0 Å². The van der Waals surface area contributed by atoms with Crippen molar-refractivity contribution in [1.29, 1.82) is 0 Å². The van der Waals surface area contributed by atoms with Crippen molar-refractivity contribution in [2.75, 3.05) is 0 Å². The van der Waals surface area contributed by atoms with Crippen molar-refractivity contribution in [2.24, 2.45) is 0 Å². The van der Waals surface area contributed by atoms with Gasteiger partial charge in [0, 0.05) is 22.7 Å². The molecular weight excluding hydrogens is 410 g/mol. The van der Waals surface area contributed by atoms with E-state index in [0.29, 0.717) is 0 Å². The summed E-state index contributed by atoms with van der Waals surface area (Å²) in [6.45, 7) is 13.0. The average molecular weight is 442 g/mol. The highest BCUT2D eigenvalue weighted by Crippen LogP contribution is 2.36. The minimum atomic E-state index is 1.05. The van der Waals surface area contributed by atoms with Gasteiger partial charge in [-0.25, -0.2) is 0 Å². The molecular formula is C33H31N. The summed E-state index contributed by atoms with van der Waals surface area (Å²) in [6, 6.07) is 27.2. The molecule has 0 bridgehead atoms. The lowest BCUT2D eigenvalue weighted by Gasteiger charge is -2.14. The zero-order valence-electron chi connectivity index (χ0n) is 21.0. The van der Waals surface area contributed by atoms with Gasteiger partial charge in [0.2, 0.25) is 0 Å². The standard InChI is InChI=1S/C33H31N/c1-20-7-21(2)11-26(10-20)28-16-30-17-31(27-12-22(3)8-23(4)13-27)19-34-33(30)32(18-28)29-14-24(5)9-25(6)15-29/h7-19H,1-6H3. The molecule has 0 saturated carbocycles. The van der Waals surface area contributed by atoms with Crippen LogP contribution in [0.5, 0.6) is 0 Å². The fraction of sp³-hybridized carbons (Fsp3) is 0.182. The third kappa shape index (κ3) is 4.39. The number of hydrogen-bond donors (Lipinski definition) is 0. The molecule has 0 aliphatic carbocycles. The van der Waals surface area contributed by atoms with E-state index in [4.69, 9.17) is 4.98 Å². The fourth-order valence-electron chi connectivity index (χ4n) is 5.21. The van der Waals surface area contributed by atoms with E-state index < -0.39 is 0 Å². The molecule has 4 aromatic carbocycles. The number of aryl methyl sites for hydroxylation is 6. The maximum atomic E-state index is 5.02. The lowest BCUT2D eigenvalue weighted by atomic mass is 9.92. The molecule has 0 spiro atoms. The Kier molecular flexibility index (Phi) is 5.57. The van der Waals surface area contributed by atoms with Gasteiger partial charge in [0.15, 0.2) is 0 Å². The van der Waals surface area contributed by atoms with Crippen LogP contribution < -0.4 is 0 Å². The molecule has 0 unspecified atom stereocenters. The summed E-state index contributed by atoms with van der Waals surface area (Å²) in [6.07, 6.45) is 2.03. The molecule has 0 radical (unpaired) electrons. The van der Waals surface area contributed by atoms with Crippen LogP contribution in [0.4, 0.5) is 0 Å². The van der Waals surface area contributed by atoms with Crippen molar-refractivity contribution in [3.63, 3.8) is 0 Å². The summed E-state index contributed by atoms with van der Waals surface area (Å²) in [5.41, 5.74) is 16.0. The molecule has 0 atom stereocenters. The highest BCUT2D eigenvalue weighted by molar-refractivity contribution is 5.99. The lowest BCUT2D eigenvalue weighted by molar-refractivity contribution is 1.35. The third-order valence-electron chi connectivity index (χ3n) is 6.43. The molecule has 1 heterocycles. The Labute approximate surface area is 203 Å². The van der Waals surface area contributed by atoms with Gasteiger partial charge < -0.3 is 0 Å². The van der Waals surface area contributed by atoms with Crippen molar-refractivity contribution >= 4 is 10.9 Å². The molecule has 0 amide bonds. The minimum absolute atomic E-state index is 1.05. The van der Waals surface area contributed by atoms with Crippen LogP contribution in [0.3, 0.4) is 0 Å².